The van der Waals surface area contributed by atoms with Crippen LogP contribution in [-0.4, -0.2) is 22.4 Å². The van der Waals surface area contributed by atoms with Crippen LogP contribution >= 0.6 is 0 Å². The van der Waals surface area contributed by atoms with Crippen LogP contribution in [0, 0.1) is 5.82 Å². The molecule has 20 heavy (non-hydrogen) atoms. The van der Waals surface area contributed by atoms with Gasteiger partial charge in [-0.05, 0) is 17.3 Å². The lowest BCUT2D eigenvalue weighted by Crippen LogP contribution is -1.91. The van der Waals surface area contributed by atoms with Crippen LogP contribution in [0.3, 0.4) is 0 Å². The van der Waals surface area contributed by atoms with Gasteiger partial charge in [0.25, 0.3) is 5.88 Å². The zero-order valence-electron chi connectivity index (χ0n) is 10.6. The highest BCUT2D eigenvalue weighted by atomic mass is 19.1. The molecule has 0 bridgehead atoms. The summed E-state index contributed by atoms with van der Waals surface area (Å²) < 4.78 is 23.7. The Kier molecular flexibility index (Phi) is 3.08. The van der Waals surface area contributed by atoms with Crippen LogP contribution in [0.4, 0.5) is 4.39 Å². The molecule has 0 spiro atoms. The summed E-state index contributed by atoms with van der Waals surface area (Å²) in [6, 6.07) is 6.47. The maximum absolute atomic E-state index is 13.6. The molecule has 2 aromatic heterocycles. The van der Waals surface area contributed by atoms with E-state index in [0.29, 0.717) is 16.5 Å². The lowest BCUT2D eigenvalue weighted by Gasteiger charge is -2.04. The molecule has 3 rings (SSSR count). The standard InChI is InChI=1S/C14H11FN2O3/c1-19-14-12(11(7-18)20-17-14)9-5-8-3-2-4-10(15)13(8)16-6-9/h2-6,18H,7H2,1H3. The van der Waals surface area contributed by atoms with Crippen molar-refractivity contribution in [2.75, 3.05) is 7.11 Å². The Morgan fingerprint density at radius 2 is 2.25 bits per heavy atom. The molecule has 3 aromatic rings. The van der Waals surface area contributed by atoms with Crippen molar-refractivity contribution in [2.24, 2.45) is 0 Å². The fourth-order valence-corrected chi connectivity index (χ4v) is 2.10. The number of fused-ring (bicyclic) bond motifs is 1. The summed E-state index contributed by atoms with van der Waals surface area (Å²) in [5.41, 5.74) is 1.45. The number of para-hydroxylation sites is 1. The number of aromatic nitrogens is 2. The van der Waals surface area contributed by atoms with Gasteiger partial charge in [0.05, 0.1) is 12.7 Å². The maximum atomic E-state index is 13.6. The average Bonchev–Trinajstić information content (AvgIpc) is 2.90. The van der Waals surface area contributed by atoms with Crippen molar-refractivity contribution in [3.63, 3.8) is 0 Å². The molecule has 0 saturated carbocycles. The fraction of sp³-hybridized carbons (Fsp3) is 0.143. The monoisotopic (exact) mass is 274 g/mol. The number of halogens is 1. The van der Waals surface area contributed by atoms with E-state index < -0.39 is 0 Å². The Bertz CT molecular complexity index is 749. The number of methoxy groups -OCH3 is 1. The third-order valence-electron chi connectivity index (χ3n) is 3.02. The SMILES string of the molecule is COc1noc(CO)c1-c1cnc2c(F)cccc2c1. The van der Waals surface area contributed by atoms with Crippen LogP contribution in [0.25, 0.3) is 22.0 Å². The van der Waals surface area contributed by atoms with Crippen LogP contribution in [0.1, 0.15) is 5.76 Å². The molecular formula is C14H11FN2O3. The van der Waals surface area contributed by atoms with Gasteiger partial charge in [-0.3, -0.25) is 4.98 Å². The molecule has 1 aromatic carbocycles. The third-order valence-corrected chi connectivity index (χ3v) is 3.02. The lowest BCUT2D eigenvalue weighted by molar-refractivity contribution is 0.226. The highest BCUT2D eigenvalue weighted by Gasteiger charge is 2.19. The Labute approximate surface area is 113 Å². The van der Waals surface area contributed by atoms with Crippen molar-refractivity contribution >= 4 is 10.9 Å². The smallest absolute Gasteiger partial charge is 0.262 e. The minimum Gasteiger partial charge on any atom is -0.478 e. The molecule has 6 heteroatoms. The van der Waals surface area contributed by atoms with Gasteiger partial charge in [0, 0.05) is 17.1 Å². The van der Waals surface area contributed by atoms with Crippen LogP contribution in [-0.2, 0) is 6.61 Å². The highest BCUT2D eigenvalue weighted by Crippen LogP contribution is 2.34. The molecule has 0 aliphatic carbocycles. The van der Waals surface area contributed by atoms with E-state index in [4.69, 9.17) is 9.26 Å². The first-order valence-corrected chi connectivity index (χ1v) is 5.92. The minimum absolute atomic E-state index is 0.256. The summed E-state index contributed by atoms with van der Waals surface area (Å²) in [4.78, 5) is 4.11. The van der Waals surface area contributed by atoms with Crippen LogP contribution in [0.5, 0.6) is 5.88 Å². The molecule has 102 valence electrons. The largest absolute Gasteiger partial charge is 0.478 e. The molecule has 0 fully saturated rings. The number of benzene rings is 1. The van der Waals surface area contributed by atoms with Gasteiger partial charge in [0.1, 0.15) is 17.9 Å². The Balaban J connectivity index is 2.22. The molecule has 0 radical (unpaired) electrons. The summed E-state index contributed by atoms with van der Waals surface area (Å²) in [7, 11) is 1.46. The predicted octanol–water partition coefficient (Wildman–Crippen LogP) is 2.53. The molecule has 0 atom stereocenters. The fourth-order valence-electron chi connectivity index (χ4n) is 2.10. The molecule has 0 saturated heterocycles. The second-order valence-electron chi connectivity index (χ2n) is 4.18. The quantitative estimate of drug-likeness (QED) is 0.794. The van der Waals surface area contributed by atoms with Gasteiger partial charge in [-0.1, -0.05) is 12.1 Å². The first-order chi connectivity index (χ1) is 9.74. The number of ether oxygens (including phenoxy) is 1. The van der Waals surface area contributed by atoms with Crippen molar-refractivity contribution in [3.8, 4) is 17.0 Å². The van der Waals surface area contributed by atoms with Crippen molar-refractivity contribution in [2.45, 2.75) is 6.61 Å². The topological polar surface area (TPSA) is 68.4 Å². The number of hydrogen-bond acceptors (Lipinski definition) is 5. The second-order valence-corrected chi connectivity index (χ2v) is 4.18. The zero-order valence-corrected chi connectivity index (χ0v) is 10.6. The Morgan fingerprint density at radius 3 is 3.00 bits per heavy atom. The number of hydrogen-bond donors (Lipinski definition) is 1. The average molecular weight is 274 g/mol. The van der Waals surface area contributed by atoms with E-state index in [-0.39, 0.29) is 29.6 Å². The van der Waals surface area contributed by atoms with Crippen molar-refractivity contribution < 1.29 is 18.8 Å². The summed E-state index contributed by atoms with van der Waals surface area (Å²) >= 11 is 0. The van der Waals surface area contributed by atoms with E-state index in [1.807, 2.05) is 0 Å². The van der Waals surface area contributed by atoms with E-state index in [1.165, 1.54) is 19.4 Å². The molecule has 0 amide bonds. The summed E-state index contributed by atoms with van der Waals surface area (Å²) in [5.74, 6) is 0.153. The molecule has 0 aliphatic heterocycles. The molecule has 0 aliphatic rings. The van der Waals surface area contributed by atoms with E-state index in [1.54, 1.807) is 18.2 Å². The van der Waals surface area contributed by atoms with Gasteiger partial charge in [-0.25, -0.2) is 4.39 Å². The van der Waals surface area contributed by atoms with Crippen molar-refractivity contribution in [1.29, 1.82) is 0 Å². The van der Waals surface area contributed by atoms with Crippen LogP contribution in [0.15, 0.2) is 35.0 Å². The molecule has 5 nitrogen and oxygen atoms in total. The van der Waals surface area contributed by atoms with Crippen LogP contribution in [0.2, 0.25) is 0 Å². The first kappa shape index (κ1) is 12.6. The van der Waals surface area contributed by atoms with Crippen molar-refractivity contribution in [3.05, 3.63) is 42.0 Å². The normalized spacial score (nSPS) is 10.9. The number of pyridine rings is 1. The highest BCUT2D eigenvalue weighted by molar-refractivity contribution is 5.85. The van der Waals surface area contributed by atoms with Gasteiger partial charge in [0.2, 0.25) is 0 Å². The zero-order chi connectivity index (χ0) is 14.1. The number of nitrogens with zero attached hydrogens (tertiary/aromatic N) is 2. The Hall–Kier alpha value is -2.47. The first-order valence-electron chi connectivity index (χ1n) is 5.92. The predicted molar refractivity (Wildman–Crippen MR) is 69.7 cm³/mol. The second kappa shape index (κ2) is 4.90. The summed E-state index contributed by atoms with van der Waals surface area (Å²) in [6.45, 7) is -0.313. The summed E-state index contributed by atoms with van der Waals surface area (Å²) in [6.07, 6.45) is 1.50. The van der Waals surface area contributed by atoms with Crippen LogP contribution < -0.4 is 4.74 Å². The minimum atomic E-state index is -0.381. The number of aliphatic hydroxyl groups excluding tert-OH is 1. The van der Waals surface area contributed by atoms with Gasteiger partial charge in [-0.2, -0.15) is 0 Å². The third kappa shape index (κ3) is 1.90. The lowest BCUT2D eigenvalue weighted by atomic mass is 10.1. The van der Waals surface area contributed by atoms with Gasteiger partial charge in [-0.15, -0.1) is 0 Å². The van der Waals surface area contributed by atoms with Crippen molar-refractivity contribution in [1.82, 2.24) is 10.1 Å². The van der Waals surface area contributed by atoms with Gasteiger partial charge < -0.3 is 14.4 Å². The molecule has 1 N–H and O–H groups in total. The van der Waals surface area contributed by atoms with Gasteiger partial charge >= 0.3 is 0 Å². The van der Waals surface area contributed by atoms with Gasteiger partial charge in [0.15, 0.2) is 5.76 Å². The maximum Gasteiger partial charge on any atom is 0.262 e. The Morgan fingerprint density at radius 1 is 1.40 bits per heavy atom. The molecule has 2 heterocycles. The van der Waals surface area contributed by atoms with E-state index in [0.717, 1.165) is 0 Å². The number of rotatable bonds is 3. The molecular weight excluding hydrogens is 263 g/mol. The summed E-state index contributed by atoms with van der Waals surface area (Å²) in [5, 5.41) is 13.6. The molecule has 0 unspecified atom stereocenters. The number of aliphatic hydroxyl groups is 1. The van der Waals surface area contributed by atoms with E-state index in [9.17, 15) is 9.50 Å². The van der Waals surface area contributed by atoms with E-state index >= 15 is 0 Å². The van der Waals surface area contributed by atoms with E-state index in [2.05, 4.69) is 10.1 Å².